The third-order valence-electron chi connectivity index (χ3n) is 2.85. The number of aryl methyl sites for hydroxylation is 1. The standard InChI is InChI=1S/C11H10N6O4/c1-3-17-8-6(9(18)14-11(17)20)7(15-16-12)5(4-13-8)10(19)21-2/h4H,3H2,1-2H3,(H,14,18,20). The first-order chi connectivity index (χ1) is 10.0. The molecule has 10 heteroatoms. The lowest BCUT2D eigenvalue weighted by Crippen LogP contribution is -2.30. The summed E-state index contributed by atoms with van der Waals surface area (Å²) < 4.78 is 5.74. The van der Waals surface area contributed by atoms with Crippen LogP contribution in [0.4, 0.5) is 5.69 Å². The number of methoxy groups -OCH3 is 1. The molecular weight excluding hydrogens is 280 g/mol. The van der Waals surface area contributed by atoms with Gasteiger partial charge in [-0.1, -0.05) is 5.11 Å². The Kier molecular flexibility index (Phi) is 3.72. The SMILES string of the molecule is CCn1c(=O)[nH]c(=O)c2c(N=[N+]=[N-])c(C(=O)OC)cnc21. The minimum Gasteiger partial charge on any atom is -0.465 e. The van der Waals surface area contributed by atoms with E-state index in [0.717, 1.165) is 13.3 Å². The van der Waals surface area contributed by atoms with Crippen LogP contribution >= 0.6 is 0 Å². The van der Waals surface area contributed by atoms with Crippen molar-refractivity contribution >= 4 is 22.7 Å². The van der Waals surface area contributed by atoms with Crippen LogP contribution in [-0.4, -0.2) is 27.6 Å². The summed E-state index contributed by atoms with van der Waals surface area (Å²) in [6.45, 7) is 1.93. The molecule has 0 saturated carbocycles. The van der Waals surface area contributed by atoms with Crippen LogP contribution in [0.15, 0.2) is 20.9 Å². The quantitative estimate of drug-likeness (QED) is 0.385. The van der Waals surface area contributed by atoms with E-state index in [1.165, 1.54) is 4.57 Å². The summed E-state index contributed by atoms with van der Waals surface area (Å²) in [7, 11) is 1.14. The Morgan fingerprint density at radius 2 is 2.29 bits per heavy atom. The molecule has 10 nitrogen and oxygen atoms in total. The second-order valence-corrected chi connectivity index (χ2v) is 3.90. The zero-order valence-electron chi connectivity index (χ0n) is 11.2. The number of azide groups is 1. The average molecular weight is 290 g/mol. The van der Waals surface area contributed by atoms with Crippen molar-refractivity contribution in [1.29, 1.82) is 0 Å². The summed E-state index contributed by atoms with van der Waals surface area (Å²) in [6, 6.07) is 0. The predicted molar refractivity (Wildman–Crippen MR) is 72.4 cm³/mol. The van der Waals surface area contributed by atoms with Crippen LogP contribution in [0, 0.1) is 0 Å². The van der Waals surface area contributed by atoms with Crippen molar-refractivity contribution in [2.45, 2.75) is 13.5 Å². The molecule has 2 aromatic heterocycles. The van der Waals surface area contributed by atoms with Crippen molar-refractivity contribution in [2.75, 3.05) is 7.11 Å². The minimum absolute atomic E-state index is 0.0290. The number of nitrogens with zero attached hydrogens (tertiary/aromatic N) is 5. The topological polar surface area (TPSA) is 143 Å². The Balaban J connectivity index is 3.07. The summed E-state index contributed by atoms with van der Waals surface area (Å²) in [4.78, 5) is 44.0. The van der Waals surface area contributed by atoms with Crippen molar-refractivity contribution in [2.24, 2.45) is 5.11 Å². The number of pyridine rings is 1. The van der Waals surface area contributed by atoms with E-state index in [-0.39, 0.29) is 28.8 Å². The number of fused-ring (bicyclic) bond motifs is 1. The number of hydrogen-bond donors (Lipinski definition) is 1. The van der Waals surface area contributed by atoms with Gasteiger partial charge in [-0.25, -0.2) is 14.6 Å². The van der Waals surface area contributed by atoms with Crippen LogP contribution in [0.3, 0.4) is 0 Å². The minimum atomic E-state index is -0.805. The number of esters is 1. The molecule has 0 fully saturated rings. The highest BCUT2D eigenvalue weighted by Crippen LogP contribution is 2.26. The smallest absolute Gasteiger partial charge is 0.339 e. The molecule has 0 radical (unpaired) electrons. The molecule has 0 aliphatic heterocycles. The summed E-state index contributed by atoms with van der Waals surface area (Å²) in [6.07, 6.45) is 1.10. The molecule has 0 bridgehead atoms. The zero-order chi connectivity index (χ0) is 15.6. The van der Waals surface area contributed by atoms with Crippen LogP contribution in [-0.2, 0) is 11.3 Å². The molecule has 0 aliphatic carbocycles. The van der Waals surface area contributed by atoms with Gasteiger partial charge in [0.1, 0.15) is 5.65 Å². The number of carbonyl (C=O) groups excluding carboxylic acids is 1. The number of aromatic amines is 1. The Hall–Kier alpha value is -3.13. The first-order valence-corrected chi connectivity index (χ1v) is 5.84. The van der Waals surface area contributed by atoms with Gasteiger partial charge in [0, 0.05) is 17.7 Å². The van der Waals surface area contributed by atoms with Crippen molar-refractivity contribution < 1.29 is 9.53 Å². The van der Waals surface area contributed by atoms with Gasteiger partial charge in [0.05, 0.1) is 23.7 Å². The van der Waals surface area contributed by atoms with Crippen LogP contribution in [0.2, 0.25) is 0 Å². The van der Waals surface area contributed by atoms with E-state index in [2.05, 4.69) is 24.7 Å². The van der Waals surface area contributed by atoms with E-state index in [1.807, 2.05) is 0 Å². The van der Waals surface area contributed by atoms with Gasteiger partial charge in [0.15, 0.2) is 0 Å². The van der Waals surface area contributed by atoms with Gasteiger partial charge in [0.2, 0.25) is 0 Å². The maximum Gasteiger partial charge on any atom is 0.339 e. The van der Waals surface area contributed by atoms with Crippen LogP contribution in [0.1, 0.15) is 17.3 Å². The molecule has 2 heterocycles. The number of ether oxygens (including phenoxy) is 1. The lowest BCUT2D eigenvalue weighted by Gasteiger charge is -2.09. The number of hydrogen-bond acceptors (Lipinski definition) is 6. The molecule has 2 aromatic rings. The largest absolute Gasteiger partial charge is 0.465 e. The fourth-order valence-electron chi connectivity index (χ4n) is 1.93. The lowest BCUT2D eigenvalue weighted by atomic mass is 10.2. The Morgan fingerprint density at radius 1 is 1.57 bits per heavy atom. The van der Waals surface area contributed by atoms with Crippen molar-refractivity contribution in [1.82, 2.24) is 14.5 Å². The molecule has 0 aromatic carbocycles. The summed E-state index contributed by atoms with van der Waals surface area (Å²) in [5.41, 5.74) is 6.85. The van der Waals surface area contributed by atoms with Gasteiger partial charge in [-0.2, -0.15) is 0 Å². The van der Waals surface area contributed by atoms with Crippen LogP contribution in [0.5, 0.6) is 0 Å². The molecular formula is C11H10N6O4. The van der Waals surface area contributed by atoms with Crippen molar-refractivity contribution in [3.8, 4) is 0 Å². The van der Waals surface area contributed by atoms with Gasteiger partial charge in [0.25, 0.3) is 5.56 Å². The number of rotatable bonds is 3. The van der Waals surface area contributed by atoms with E-state index in [9.17, 15) is 14.4 Å². The highest BCUT2D eigenvalue weighted by Gasteiger charge is 2.19. The second kappa shape index (κ2) is 5.47. The van der Waals surface area contributed by atoms with Crippen molar-refractivity contribution in [3.63, 3.8) is 0 Å². The normalized spacial score (nSPS) is 10.2. The van der Waals surface area contributed by atoms with Crippen LogP contribution < -0.4 is 11.2 Å². The number of aromatic nitrogens is 3. The van der Waals surface area contributed by atoms with Gasteiger partial charge in [-0.05, 0) is 12.5 Å². The first kappa shape index (κ1) is 14.3. The lowest BCUT2D eigenvalue weighted by molar-refractivity contribution is 0.0601. The molecule has 0 saturated heterocycles. The fraction of sp³-hybridized carbons (Fsp3) is 0.273. The predicted octanol–water partition coefficient (Wildman–Crippen LogP) is 0.833. The average Bonchev–Trinajstić information content (AvgIpc) is 2.47. The maximum atomic E-state index is 12.0. The second-order valence-electron chi connectivity index (χ2n) is 3.90. The van der Waals surface area contributed by atoms with E-state index < -0.39 is 17.2 Å². The summed E-state index contributed by atoms with van der Waals surface area (Å²) in [5.74, 6) is -0.805. The number of nitrogens with one attached hydrogen (secondary N) is 1. The Morgan fingerprint density at radius 3 is 2.86 bits per heavy atom. The van der Waals surface area contributed by atoms with Gasteiger partial charge >= 0.3 is 11.7 Å². The number of H-pyrrole nitrogens is 1. The Bertz CT molecular complexity index is 890. The Labute approximate surface area is 116 Å². The zero-order valence-corrected chi connectivity index (χ0v) is 11.2. The third-order valence-corrected chi connectivity index (χ3v) is 2.85. The van der Waals surface area contributed by atoms with E-state index in [0.29, 0.717) is 0 Å². The first-order valence-electron chi connectivity index (χ1n) is 5.84. The molecule has 0 spiro atoms. The third kappa shape index (κ3) is 2.23. The monoisotopic (exact) mass is 290 g/mol. The highest BCUT2D eigenvalue weighted by atomic mass is 16.5. The van der Waals surface area contributed by atoms with E-state index in [4.69, 9.17) is 5.53 Å². The van der Waals surface area contributed by atoms with E-state index >= 15 is 0 Å². The van der Waals surface area contributed by atoms with Gasteiger partial charge < -0.3 is 4.74 Å². The molecule has 0 aliphatic rings. The molecule has 108 valence electrons. The molecule has 2 rings (SSSR count). The fourth-order valence-corrected chi connectivity index (χ4v) is 1.93. The van der Waals surface area contributed by atoms with Crippen molar-refractivity contribution in [3.05, 3.63) is 43.0 Å². The van der Waals surface area contributed by atoms with Gasteiger partial charge in [-0.3, -0.25) is 14.3 Å². The van der Waals surface area contributed by atoms with Gasteiger partial charge in [-0.15, -0.1) is 0 Å². The molecule has 21 heavy (non-hydrogen) atoms. The molecule has 0 amide bonds. The van der Waals surface area contributed by atoms with Crippen LogP contribution in [0.25, 0.3) is 21.5 Å². The maximum absolute atomic E-state index is 12.0. The molecule has 0 atom stereocenters. The number of carbonyl (C=O) groups is 1. The summed E-state index contributed by atoms with van der Waals surface area (Å²) in [5, 5.41) is 3.23. The molecule has 1 N–H and O–H groups in total. The highest BCUT2D eigenvalue weighted by molar-refractivity contribution is 6.02. The summed E-state index contributed by atoms with van der Waals surface area (Å²) >= 11 is 0. The van der Waals surface area contributed by atoms with E-state index in [1.54, 1.807) is 6.92 Å². The molecule has 0 unspecified atom stereocenters.